The second-order valence-electron chi connectivity index (χ2n) is 4.49. The van der Waals surface area contributed by atoms with E-state index < -0.39 is 18.0 Å². The second kappa shape index (κ2) is 6.08. The number of nitrogens with zero attached hydrogens (tertiary/aromatic N) is 1. The molecule has 0 saturated carbocycles. The molecule has 7 heteroatoms. The average Bonchev–Trinajstić information content (AvgIpc) is 2.84. The summed E-state index contributed by atoms with van der Waals surface area (Å²) >= 11 is 0. The second-order valence-corrected chi connectivity index (χ2v) is 4.49. The van der Waals surface area contributed by atoms with Crippen LogP contribution in [0.1, 0.15) is 23.0 Å². The van der Waals surface area contributed by atoms with Gasteiger partial charge in [0, 0.05) is 11.8 Å². The molecule has 0 aliphatic heterocycles. The molecule has 2 rings (SSSR count). The van der Waals surface area contributed by atoms with Crippen molar-refractivity contribution in [2.45, 2.75) is 20.0 Å². The summed E-state index contributed by atoms with van der Waals surface area (Å²) < 4.78 is 9.89. The molecule has 110 valence electrons. The number of nitrogens with two attached hydrogens (primary N) is 1. The van der Waals surface area contributed by atoms with Crippen LogP contribution in [0.3, 0.4) is 0 Å². The number of carbonyl (C=O) groups is 2. The molecule has 3 N–H and O–H groups in total. The van der Waals surface area contributed by atoms with Crippen molar-refractivity contribution in [2.75, 3.05) is 11.1 Å². The van der Waals surface area contributed by atoms with Crippen molar-refractivity contribution in [3.63, 3.8) is 0 Å². The van der Waals surface area contributed by atoms with Gasteiger partial charge in [0.25, 0.3) is 5.91 Å². The van der Waals surface area contributed by atoms with Crippen LogP contribution in [0.5, 0.6) is 0 Å². The lowest BCUT2D eigenvalue weighted by atomic mass is 10.2. The molecule has 0 aliphatic rings. The predicted molar refractivity (Wildman–Crippen MR) is 75.6 cm³/mol. The first kappa shape index (κ1) is 14.6. The van der Waals surface area contributed by atoms with Gasteiger partial charge in [-0.1, -0.05) is 11.2 Å². The summed E-state index contributed by atoms with van der Waals surface area (Å²) in [4.78, 5) is 23.7. The fourth-order valence-electron chi connectivity index (χ4n) is 1.60. The minimum atomic E-state index is -0.976. The summed E-state index contributed by atoms with van der Waals surface area (Å²) in [6.07, 6.45) is -0.976. The van der Waals surface area contributed by atoms with Crippen molar-refractivity contribution < 1.29 is 18.8 Å². The van der Waals surface area contributed by atoms with E-state index in [0.717, 1.165) is 0 Å². The zero-order valence-corrected chi connectivity index (χ0v) is 11.6. The quantitative estimate of drug-likeness (QED) is 0.655. The highest BCUT2D eigenvalue weighted by Crippen LogP contribution is 2.11. The van der Waals surface area contributed by atoms with E-state index >= 15 is 0 Å². The number of hydrogen-bond donors (Lipinski definition) is 2. The van der Waals surface area contributed by atoms with E-state index in [9.17, 15) is 9.59 Å². The lowest BCUT2D eigenvalue weighted by molar-refractivity contribution is -0.123. The average molecular weight is 289 g/mol. The Hall–Kier alpha value is -2.83. The molecule has 0 radical (unpaired) electrons. The van der Waals surface area contributed by atoms with Crippen molar-refractivity contribution in [3.8, 4) is 0 Å². The first-order chi connectivity index (χ1) is 9.95. The lowest BCUT2D eigenvalue weighted by Crippen LogP contribution is -2.30. The fraction of sp³-hybridized carbons (Fsp3) is 0.214. The number of anilines is 2. The Balaban J connectivity index is 1.95. The van der Waals surface area contributed by atoms with E-state index in [-0.39, 0.29) is 11.4 Å². The molecule has 1 aromatic carbocycles. The van der Waals surface area contributed by atoms with Crippen molar-refractivity contribution in [1.29, 1.82) is 0 Å². The van der Waals surface area contributed by atoms with Gasteiger partial charge in [-0.05, 0) is 32.0 Å². The highest BCUT2D eigenvalue weighted by molar-refractivity contribution is 5.97. The van der Waals surface area contributed by atoms with Gasteiger partial charge in [0.15, 0.2) is 11.9 Å². The molecule has 1 aromatic heterocycles. The maximum Gasteiger partial charge on any atom is 0.338 e. The molecule has 1 amide bonds. The number of hydrogen-bond acceptors (Lipinski definition) is 6. The van der Waals surface area contributed by atoms with Crippen LogP contribution < -0.4 is 11.1 Å². The number of aryl methyl sites for hydroxylation is 1. The minimum absolute atomic E-state index is 0.268. The zero-order chi connectivity index (χ0) is 15.4. The van der Waals surface area contributed by atoms with Crippen molar-refractivity contribution in [1.82, 2.24) is 5.16 Å². The maximum atomic E-state index is 11.9. The van der Waals surface area contributed by atoms with E-state index in [1.165, 1.54) is 13.0 Å². The molecule has 1 atom stereocenters. The van der Waals surface area contributed by atoms with Crippen molar-refractivity contribution in [3.05, 3.63) is 41.7 Å². The monoisotopic (exact) mass is 289 g/mol. The molecule has 0 bridgehead atoms. The molecule has 0 saturated heterocycles. The number of rotatable bonds is 4. The number of benzene rings is 1. The smallest absolute Gasteiger partial charge is 0.338 e. The Kier molecular flexibility index (Phi) is 4.22. The summed E-state index contributed by atoms with van der Waals surface area (Å²) in [5.74, 6) is -0.291. The lowest BCUT2D eigenvalue weighted by Gasteiger charge is -2.12. The van der Waals surface area contributed by atoms with Gasteiger partial charge in [0.1, 0.15) is 5.76 Å². The number of esters is 1. The molecular formula is C14H15N3O4. The standard InChI is InChI=1S/C14H15N3O4/c1-8-6-12(17-21-8)16-13(18)9(2)20-14(19)10-4-3-5-11(15)7-10/h3-7,9H,15H2,1-2H3,(H,16,17,18). The summed E-state index contributed by atoms with van der Waals surface area (Å²) in [6.45, 7) is 3.17. The summed E-state index contributed by atoms with van der Waals surface area (Å²) in [6, 6.07) is 7.89. The molecule has 7 nitrogen and oxygen atoms in total. The summed E-state index contributed by atoms with van der Waals surface area (Å²) in [5.41, 5.74) is 6.31. The van der Waals surface area contributed by atoms with Gasteiger partial charge >= 0.3 is 5.97 Å². The minimum Gasteiger partial charge on any atom is -0.449 e. The Bertz CT molecular complexity index is 666. The normalized spacial score (nSPS) is 11.7. The molecule has 0 fully saturated rings. The first-order valence-corrected chi connectivity index (χ1v) is 6.26. The molecule has 21 heavy (non-hydrogen) atoms. The highest BCUT2D eigenvalue weighted by Gasteiger charge is 2.20. The maximum absolute atomic E-state index is 11.9. The third-order valence-electron chi connectivity index (χ3n) is 2.65. The Morgan fingerprint density at radius 3 is 2.76 bits per heavy atom. The number of ether oxygens (including phenoxy) is 1. The number of amides is 1. The van der Waals surface area contributed by atoms with E-state index in [4.69, 9.17) is 15.0 Å². The number of nitrogen functional groups attached to an aromatic ring is 1. The Labute approximate surface area is 121 Å². The van der Waals surface area contributed by atoms with Gasteiger partial charge in [-0.2, -0.15) is 0 Å². The van der Waals surface area contributed by atoms with Crippen molar-refractivity contribution >= 4 is 23.4 Å². The topological polar surface area (TPSA) is 107 Å². The number of carbonyl (C=O) groups excluding carboxylic acids is 2. The van der Waals surface area contributed by atoms with Crippen LogP contribution in [0, 0.1) is 6.92 Å². The molecular weight excluding hydrogens is 274 g/mol. The number of aromatic nitrogens is 1. The molecule has 1 unspecified atom stereocenters. The molecule has 0 aliphatic carbocycles. The van der Waals surface area contributed by atoms with Crippen LogP contribution in [0.15, 0.2) is 34.9 Å². The highest BCUT2D eigenvalue weighted by atomic mass is 16.5. The van der Waals surface area contributed by atoms with Gasteiger partial charge < -0.3 is 20.3 Å². The SMILES string of the molecule is Cc1cc(NC(=O)C(C)OC(=O)c2cccc(N)c2)no1. The number of nitrogens with one attached hydrogen (secondary N) is 1. The Morgan fingerprint density at radius 1 is 1.38 bits per heavy atom. The molecule has 1 heterocycles. The van der Waals surface area contributed by atoms with Crippen LogP contribution >= 0.6 is 0 Å². The van der Waals surface area contributed by atoms with Gasteiger partial charge in [-0.15, -0.1) is 0 Å². The molecule has 2 aromatic rings. The largest absolute Gasteiger partial charge is 0.449 e. The van der Waals surface area contributed by atoms with Crippen molar-refractivity contribution in [2.24, 2.45) is 0 Å². The fourth-order valence-corrected chi connectivity index (χ4v) is 1.60. The van der Waals surface area contributed by atoms with E-state index in [1.54, 1.807) is 31.2 Å². The van der Waals surface area contributed by atoms with Crippen LogP contribution in [-0.2, 0) is 9.53 Å². The predicted octanol–water partition coefficient (Wildman–Crippen LogP) is 1.75. The van der Waals surface area contributed by atoms with Crippen LogP contribution in [-0.4, -0.2) is 23.1 Å². The summed E-state index contributed by atoms with van der Waals surface area (Å²) in [5, 5.41) is 6.11. The molecule has 0 spiro atoms. The van der Waals surface area contributed by atoms with Gasteiger partial charge in [0.05, 0.1) is 5.56 Å². The first-order valence-electron chi connectivity index (χ1n) is 6.26. The van der Waals surface area contributed by atoms with Gasteiger partial charge in [-0.3, -0.25) is 4.79 Å². The van der Waals surface area contributed by atoms with E-state index in [0.29, 0.717) is 11.4 Å². The van der Waals surface area contributed by atoms with E-state index in [1.807, 2.05) is 0 Å². The zero-order valence-electron chi connectivity index (χ0n) is 11.6. The van der Waals surface area contributed by atoms with Crippen LogP contribution in [0.25, 0.3) is 0 Å². The van der Waals surface area contributed by atoms with Gasteiger partial charge in [0.2, 0.25) is 0 Å². The van der Waals surface area contributed by atoms with E-state index in [2.05, 4.69) is 10.5 Å². The van der Waals surface area contributed by atoms with Gasteiger partial charge in [-0.25, -0.2) is 4.79 Å². The van der Waals surface area contributed by atoms with Crippen LogP contribution in [0.4, 0.5) is 11.5 Å². The summed E-state index contributed by atoms with van der Waals surface area (Å²) in [7, 11) is 0. The van der Waals surface area contributed by atoms with Crippen LogP contribution in [0.2, 0.25) is 0 Å². The Morgan fingerprint density at radius 2 is 2.14 bits per heavy atom. The third kappa shape index (κ3) is 3.82. The third-order valence-corrected chi connectivity index (χ3v) is 2.65.